The minimum Gasteiger partial charge on any atom is -0.0654 e. The van der Waals surface area contributed by atoms with Gasteiger partial charge in [0.25, 0.3) is 5.39 Å². The Bertz CT molecular complexity index is 392. The average Bonchev–Trinajstić information content (AvgIpc) is 2.51. The summed E-state index contributed by atoms with van der Waals surface area (Å²) >= 11 is 0. The van der Waals surface area contributed by atoms with Crippen molar-refractivity contribution in [2.24, 2.45) is 0 Å². The molecule has 0 saturated carbocycles. The van der Waals surface area contributed by atoms with Gasteiger partial charge in [0.1, 0.15) is 5.69 Å². The molecule has 0 radical (unpaired) electrons. The molecule has 3 nitrogen and oxygen atoms in total. The number of diazo groups is 1. The Morgan fingerprint density at radius 3 is 1.86 bits per heavy atom. The third-order valence-electron chi connectivity index (χ3n) is 3.95. The lowest BCUT2D eigenvalue weighted by Crippen LogP contribution is -1.88. The molecule has 0 atom stereocenters. The van der Waals surface area contributed by atoms with Crippen molar-refractivity contribution in [3.63, 3.8) is 0 Å². The van der Waals surface area contributed by atoms with Gasteiger partial charge in [-0.25, -0.2) is 0 Å². The Morgan fingerprint density at radius 1 is 0.810 bits per heavy atom. The summed E-state index contributed by atoms with van der Waals surface area (Å²) in [5.41, 5.74) is 4.71. The lowest BCUT2D eigenvalue weighted by Gasteiger charge is -2.03. The first-order valence-electron chi connectivity index (χ1n) is 8.56. The largest absolute Gasteiger partial charge is 0.308 e. The summed E-state index contributed by atoms with van der Waals surface area (Å²) < 4.78 is 0. The van der Waals surface area contributed by atoms with E-state index in [4.69, 9.17) is 5.39 Å². The molecule has 0 saturated heterocycles. The minimum atomic E-state index is 0.823. The van der Waals surface area contributed by atoms with E-state index in [1.807, 2.05) is 12.1 Å². The zero-order chi connectivity index (χ0) is 15.2. The molecule has 3 heteroatoms. The summed E-state index contributed by atoms with van der Waals surface area (Å²) in [6.45, 7) is 2.27. The summed E-state index contributed by atoms with van der Waals surface area (Å²) in [5, 5.41) is 11.3. The fourth-order valence-corrected chi connectivity index (χ4v) is 2.62. The van der Waals surface area contributed by atoms with Crippen LogP contribution in [0, 0.1) is 5.39 Å². The van der Waals surface area contributed by atoms with Crippen LogP contribution in [0.3, 0.4) is 0 Å². The number of hydrogen-bond donors (Lipinski definition) is 1. The van der Waals surface area contributed by atoms with Crippen LogP contribution in [0.2, 0.25) is 0 Å². The van der Waals surface area contributed by atoms with Crippen molar-refractivity contribution in [2.75, 3.05) is 5.43 Å². The van der Waals surface area contributed by atoms with Gasteiger partial charge < -0.3 is 0 Å². The van der Waals surface area contributed by atoms with Crippen molar-refractivity contribution in [1.29, 1.82) is 5.39 Å². The molecule has 21 heavy (non-hydrogen) atoms. The van der Waals surface area contributed by atoms with Gasteiger partial charge in [-0.15, -0.1) is 0 Å². The Labute approximate surface area is 129 Å². The van der Waals surface area contributed by atoms with E-state index < -0.39 is 0 Å². The number of nitrogens with zero attached hydrogens (tertiary/aromatic N) is 2. The smallest absolute Gasteiger partial charge is 0.0654 e. The molecule has 0 fully saturated rings. The molecule has 1 rings (SSSR count). The van der Waals surface area contributed by atoms with Crippen molar-refractivity contribution in [2.45, 2.75) is 77.6 Å². The zero-order valence-electron chi connectivity index (χ0n) is 13.5. The molecule has 116 valence electrons. The second-order valence-electron chi connectivity index (χ2n) is 5.84. The van der Waals surface area contributed by atoms with Gasteiger partial charge in [0, 0.05) is 0 Å². The number of aryl methyl sites for hydroxylation is 1. The summed E-state index contributed by atoms with van der Waals surface area (Å²) in [6.07, 6.45) is 14.9. The Hall–Kier alpha value is -1.56. The molecular weight excluding hydrogens is 258 g/mol. The molecule has 0 aliphatic carbocycles. The molecule has 0 heterocycles. The fourth-order valence-electron chi connectivity index (χ4n) is 2.62. The monoisotopic (exact) mass is 288 g/mol. The number of hydrogen-bond acceptors (Lipinski definition) is 2. The van der Waals surface area contributed by atoms with Gasteiger partial charge in [-0.3, -0.25) is 0 Å². The average molecular weight is 288 g/mol. The predicted octanol–water partition coefficient (Wildman–Crippen LogP) is 6.33. The van der Waals surface area contributed by atoms with Crippen LogP contribution in [0.4, 0.5) is 5.69 Å². The molecule has 0 bridgehead atoms. The maximum Gasteiger partial charge on any atom is 0.308 e. The lowest BCUT2D eigenvalue weighted by atomic mass is 10.0. The molecule has 1 N–H and O–H groups in total. The van der Waals surface area contributed by atoms with E-state index in [1.54, 1.807) is 0 Å². The second-order valence-corrected chi connectivity index (χ2v) is 5.84. The van der Waals surface area contributed by atoms with Crippen LogP contribution in [0.5, 0.6) is 0 Å². The summed E-state index contributed by atoms with van der Waals surface area (Å²) in [7, 11) is 0. The van der Waals surface area contributed by atoms with Crippen LogP contribution in [0.1, 0.15) is 76.7 Å². The van der Waals surface area contributed by atoms with Gasteiger partial charge in [0.05, 0.1) is 0 Å². The molecule has 0 spiro atoms. The first-order chi connectivity index (χ1) is 10.4. The number of nitrogens with one attached hydrogen (secondary N) is 1. The van der Waals surface area contributed by atoms with Gasteiger partial charge in [0.15, 0.2) is 0 Å². The lowest BCUT2D eigenvalue weighted by molar-refractivity contribution is 0.556. The molecule has 0 aliphatic rings. The number of unbranched alkanes of at least 4 members (excludes halogenated alkanes) is 9. The van der Waals surface area contributed by atoms with Gasteiger partial charge in [0.2, 0.25) is 0 Å². The minimum absolute atomic E-state index is 0.823. The fraction of sp³-hybridized carbons (Fsp3) is 0.667. The summed E-state index contributed by atoms with van der Waals surface area (Å²) in [6, 6.07) is 8.10. The Kier molecular flexibility index (Phi) is 10.2. The summed E-state index contributed by atoms with van der Waals surface area (Å²) in [5.74, 6) is 0. The van der Waals surface area contributed by atoms with E-state index in [1.165, 1.54) is 69.8 Å². The molecular formula is C18H30N3+. The van der Waals surface area contributed by atoms with Gasteiger partial charge in [-0.05, 0) is 36.0 Å². The highest BCUT2D eigenvalue weighted by molar-refractivity contribution is 5.45. The molecule has 1 aromatic rings. The third kappa shape index (κ3) is 9.07. The van der Waals surface area contributed by atoms with Gasteiger partial charge in [-0.2, -0.15) is 0 Å². The van der Waals surface area contributed by atoms with Crippen LogP contribution in [0.25, 0.3) is 5.08 Å². The Morgan fingerprint density at radius 2 is 1.33 bits per heavy atom. The van der Waals surface area contributed by atoms with Crippen molar-refractivity contribution >= 4 is 5.69 Å². The summed E-state index contributed by atoms with van der Waals surface area (Å²) in [4.78, 5) is 0. The zero-order valence-corrected chi connectivity index (χ0v) is 13.5. The highest BCUT2D eigenvalue weighted by atomic mass is 15.3. The first kappa shape index (κ1) is 17.5. The highest BCUT2D eigenvalue weighted by Crippen LogP contribution is 2.14. The molecule has 0 amide bonds. The highest BCUT2D eigenvalue weighted by Gasteiger charge is 1.98. The van der Waals surface area contributed by atoms with Crippen LogP contribution < -0.4 is 5.43 Å². The van der Waals surface area contributed by atoms with Gasteiger partial charge >= 0.3 is 5.08 Å². The molecule has 0 aliphatic heterocycles. The van der Waals surface area contributed by atoms with Crippen LogP contribution in [-0.4, -0.2) is 0 Å². The van der Waals surface area contributed by atoms with Crippen molar-refractivity contribution in [1.82, 2.24) is 0 Å². The van der Waals surface area contributed by atoms with E-state index >= 15 is 0 Å². The van der Waals surface area contributed by atoms with Crippen molar-refractivity contribution < 1.29 is 0 Å². The normalized spacial score (nSPS) is 10.3. The molecule has 0 unspecified atom stereocenters. The van der Waals surface area contributed by atoms with Gasteiger partial charge in [-0.1, -0.05) is 76.8 Å². The van der Waals surface area contributed by atoms with E-state index in [0.717, 1.165) is 12.1 Å². The van der Waals surface area contributed by atoms with Crippen LogP contribution >= 0.6 is 0 Å². The number of rotatable bonds is 12. The Balaban J connectivity index is 1.95. The topological polar surface area (TPSA) is 40.2 Å². The standard InChI is InChI=1S/C18H30N3/c1-2-3-4-5-6-7-8-9-10-11-12-17-13-15-18(16-14-17)20-21-19/h13-16,20H,2-12H2,1H3/q+1. The number of benzene rings is 1. The van der Waals surface area contributed by atoms with E-state index in [2.05, 4.69) is 29.6 Å². The van der Waals surface area contributed by atoms with Crippen LogP contribution in [-0.2, 0) is 6.42 Å². The first-order valence-corrected chi connectivity index (χ1v) is 8.56. The maximum absolute atomic E-state index is 8.41. The number of anilines is 1. The van der Waals surface area contributed by atoms with Crippen molar-refractivity contribution in [3.05, 3.63) is 34.9 Å². The van der Waals surface area contributed by atoms with Crippen molar-refractivity contribution in [3.8, 4) is 0 Å². The molecule has 1 aromatic carbocycles. The third-order valence-corrected chi connectivity index (χ3v) is 3.95. The SMILES string of the molecule is CCCCCCCCCCCCc1ccc(N[N+]#N)cc1. The maximum atomic E-state index is 8.41. The molecule has 0 aromatic heterocycles. The quantitative estimate of drug-likeness (QED) is 0.277. The van der Waals surface area contributed by atoms with Crippen LogP contribution in [0.15, 0.2) is 24.3 Å². The second kappa shape index (κ2) is 12.2. The van der Waals surface area contributed by atoms with E-state index in [-0.39, 0.29) is 0 Å². The predicted molar refractivity (Wildman–Crippen MR) is 90.7 cm³/mol. The van der Waals surface area contributed by atoms with E-state index in [9.17, 15) is 0 Å². The van der Waals surface area contributed by atoms with E-state index in [0.29, 0.717) is 0 Å².